The number of carbonyl (C=O) groups excluding carboxylic acids is 1. The fourth-order valence-electron chi connectivity index (χ4n) is 4.26. The molecule has 5 heteroatoms. The average molecular weight is 342 g/mol. The molecular weight excluding hydrogens is 316 g/mol. The minimum Gasteiger partial charge on any atom is -0.375 e. The summed E-state index contributed by atoms with van der Waals surface area (Å²) in [5.74, 6) is 0.956. The molecule has 1 aromatic rings. The molecule has 1 aliphatic carbocycles. The van der Waals surface area contributed by atoms with Gasteiger partial charge in [0, 0.05) is 25.3 Å². The zero-order valence-electron chi connectivity index (χ0n) is 14.6. The maximum Gasteiger partial charge on any atom is 0.226 e. The average Bonchev–Trinajstić information content (AvgIpc) is 3.27. The number of pyridine rings is 1. The third-order valence-electron chi connectivity index (χ3n) is 5.77. The van der Waals surface area contributed by atoms with E-state index in [0.717, 1.165) is 51.1 Å². The van der Waals surface area contributed by atoms with E-state index in [1.165, 1.54) is 0 Å². The van der Waals surface area contributed by atoms with Gasteiger partial charge >= 0.3 is 0 Å². The van der Waals surface area contributed by atoms with Crippen LogP contribution >= 0.6 is 0 Å². The Morgan fingerprint density at radius 2 is 2.16 bits per heavy atom. The lowest BCUT2D eigenvalue weighted by Crippen LogP contribution is -2.66. The Hall–Kier alpha value is -1.72. The Kier molecular flexibility index (Phi) is 4.86. The van der Waals surface area contributed by atoms with Crippen molar-refractivity contribution in [1.29, 1.82) is 0 Å². The van der Waals surface area contributed by atoms with Gasteiger partial charge in [0.05, 0.1) is 25.4 Å². The van der Waals surface area contributed by atoms with Gasteiger partial charge in [0.15, 0.2) is 0 Å². The Balaban J connectivity index is 1.22. The summed E-state index contributed by atoms with van der Waals surface area (Å²) in [5, 5.41) is 0. The number of allylic oxidation sites excluding steroid dienone is 2. The zero-order valence-corrected chi connectivity index (χ0v) is 14.6. The van der Waals surface area contributed by atoms with Gasteiger partial charge in [0.25, 0.3) is 0 Å². The van der Waals surface area contributed by atoms with E-state index in [0.29, 0.717) is 25.0 Å². The normalized spacial score (nSPS) is 24.8. The second kappa shape index (κ2) is 7.26. The smallest absolute Gasteiger partial charge is 0.226 e. The number of rotatable bonds is 6. The highest BCUT2D eigenvalue weighted by Gasteiger charge is 2.54. The second-order valence-corrected chi connectivity index (χ2v) is 7.40. The molecule has 4 rings (SSSR count). The van der Waals surface area contributed by atoms with Crippen LogP contribution in [0.3, 0.4) is 0 Å². The fourth-order valence-corrected chi connectivity index (χ4v) is 4.26. The molecule has 0 saturated carbocycles. The number of amides is 1. The standard InChI is InChI=1S/C20H26N2O3/c23-19(16-5-1-2-6-16)22-14-20(15-22)17(9-12-25-20)8-11-24-13-18-7-3-4-10-21-18/h1-4,7,10,16-17H,5-6,8-9,11-15H2/t17-/m1/s1. The molecule has 2 fully saturated rings. The highest BCUT2D eigenvalue weighted by Crippen LogP contribution is 2.42. The van der Waals surface area contributed by atoms with Crippen molar-refractivity contribution >= 4 is 5.91 Å². The summed E-state index contributed by atoms with van der Waals surface area (Å²) in [4.78, 5) is 18.8. The van der Waals surface area contributed by atoms with Gasteiger partial charge < -0.3 is 14.4 Å². The minimum absolute atomic E-state index is 0.115. The van der Waals surface area contributed by atoms with Gasteiger partial charge in [-0.25, -0.2) is 0 Å². The summed E-state index contributed by atoms with van der Waals surface area (Å²) >= 11 is 0. The molecule has 1 atom stereocenters. The van der Waals surface area contributed by atoms with Crippen molar-refractivity contribution in [2.45, 2.75) is 37.9 Å². The highest BCUT2D eigenvalue weighted by molar-refractivity contribution is 5.80. The Morgan fingerprint density at radius 3 is 2.92 bits per heavy atom. The van der Waals surface area contributed by atoms with Crippen molar-refractivity contribution in [3.05, 3.63) is 42.2 Å². The summed E-state index contributed by atoms with van der Waals surface area (Å²) < 4.78 is 11.9. The quantitative estimate of drug-likeness (QED) is 0.589. The van der Waals surface area contributed by atoms with Crippen molar-refractivity contribution < 1.29 is 14.3 Å². The maximum absolute atomic E-state index is 12.5. The summed E-state index contributed by atoms with van der Waals surface area (Å²) in [6.45, 7) is 3.59. The number of carbonyl (C=O) groups is 1. The molecule has 1 spiro atoms. The number of hydrogen-bond acceptors (Lipinski definition) is 4. The van der Waals surface area contributed by atoms with E-state index >= 15 is 0 Å². The summed E-state index contributed by atoms with van der Waals surface area (Å²) in [7, 11) is 0. The Labute approximate surface area is 149 Å². The van der Waals surface area contributed by atoms with Crippen LogP contribution in [-0.2, 0) is 20.9 Å². The number of aromatic nitrogens is 1. The lowest BCUT2D eigenvalue weighted by molar-refractivity contribution is -0.169. The van der Waals surface area contributed by atoms with Crippen molar-refractivity contribution in [3.8, 4) is 0 Å². The molecule has 2 aliphatic heterocycles. The van der Waals surface area contributed by atoms with Crippen molar-refractivity contribution in [2.24, 2.45) is 11.8 Å². The highest BCUT2D eigenvalue weighted by atomic mass is 16.5. The second-order valence-electron chi connectivity index (χ2n) is 7.40. The summed E-state index contributed by atoms with van der Waals surface area (Å²) in [6, 6.07) is 5.87. The van der Waals surface area contributed by atoms with Crippen LogP contribution in [0.15, 0.2) is 36.5 Å². The molecule has 2 saturated heterocycles. The first-order valence-electron chi connectivity index (χ1n) is 9.32. The van der Waals surface area contributed by atoms with Gasteiger partial charge in [-0.2, -0.15) is 0 Å². The van der Waals surface area contributed by atoms with Crippen molar-refractivity contribution in [3.63, 3.8) is 0 Å². The third kappa shape index (κ3) is 3.48. The molecule has 25 heavy (non-hydrogen) atoms. The molecule has 0 unspecified atom stereocenters. The van der Waals surface area contributed by atoms with Crippen LogP contribution in [0.2, 0.25) is 0 Å². The van der Waals surface area contributed by atoms with Crippen LogP contribution in [0.1, 0.15) is 31.4 Å². The molecule has 134 valence electrons. The van der Waals surface area contributed by atoms with Crippen LogP contribution < -0.4 is 0 Å². The molecule has 0 radical (unpaired) electrons. The molecule has 5 nitrogen and oxygen atoms in total. The van der Waals surface area contributed by atoms with Crippen LogP contribution in [-0.4, -0.2) is 47.7 Å². The monoisotopic (exact) mass is 342 g/mol. The molecule has 3 heterocycles. The van der Waals surface area contributed by atoms with Gasteiger partial charge in [-0.05, 0) is 43.7 Å². The first-order chi connectivity index (χ1) is 12.3. The molecule has 1 aromatic heterocycles. The Bertz CT molecular complexity index is 617. The predicted molar refractivity (Wildman–Crippen MR) is 93.7 cm³/mol. The lowest BCUT2D eigenvalue weighted by atomic mass is 9.78. The van der Waals surface area contributed by atoms with E-state index in [1.54, 1.807) is 6.20 Å². The zero-order chi connectivity index (χ0) is 17.1. The molecule has 3 aliphatic rings. The van der Waals surface area contributed by atoms with Gasteiger partial charge in [0.1, 0.15) is 5.60 Å². The van der Waals surface area contributed by atoms with Crippen LogP contribution in [0.25, 0.3) is 0 Å². The maximum atomic E-state index is 12.5. The lowest BCUT2D eigenvalue weighted by Gasteiger charge is -2.51. The molecular formula is C20H26N2O3. The van der Waals surface area contributed by atoms with Gasteiger partial charge in [-0.15, -0.1) is 0 Å². The van der Waals surface area contributed by atoms with Gasteiger partial charge in [-0.3, -0.25) is 9.78 Å². The fraction of sp³-hybridized carbons (Fsp3) is 0.600. The topological polar surface area (TPSA) is 51.7 Å². The molecule has 0 bridgehead atoms. The SMILES string of the molecule is O=C(C1CC=CC1)N1CC2(C1)OCC[C@H]2CCOCc1ccccn1. The van der Waals surface area contributed by atoms with Crippen molar-refractivity contribution in [1.82, 2.24) is 9.88 Å². The Morgan fingerprint density at radius 1 is 1.32 bits per heavy atom. The summed E-state index contributed by atoms with van der Waals surface area (Å²) in [5.41, 5.74) is 0.848. The third-order valence-corrected chi connectivity index (χ3v) is 5.77. The minimum atomic E-state index is -0.115. The van der Waals surface area contributed by atoms with E-state index in [1.807, 2.05) is 23.1 Å². The van der Waals surface area contributed by atoms with E-state index in [-0.39, 0.29) is 11.5 Å². The predicted octanol–water partition coefficient (Wildman–Crippen LogP) is 2.57. The van der Waals surface area contributed by atoms with E-state index in [9.17, 15) is 4.79 Å². The number of likely N-dealkylation sites (tertiary alicyclic amines) is 1. The largest absolute Gasteiger partial charge is 0.375 e. The first-order valence-corrected chi connectivity index (χ1v) is 9.32. The first kappa shape index (κ1) is 16.7. The van der Waals surface area contributed by atoms with Crippen LogP contribution in [0.4, 0.5) is 0 Å². The van der Waals surface area contributed by atoms with E-state index in [2.05, 4.69) is 17.1 Å². The molecule has 0 N–H and O–H groups in total. The number of nitrogens with zero attached hydrogens (tertiary/aromatic N) is 2. The van der Waals surface area contributed by atoms with Crippen molar-refractivity contribution in [2.75, 3.05) is 26.3 Å². The van der Waals surface area contributed by atoms with Gasteiger partial charge in [0.2, 0.25) is 5.91 Å². The molecule has 1 amide bonds. The number of ether oxygens (including phenoxy) is 2. The van der Waals surface area contributed by atoms with Crippen LogP contribution in [0.5, 0.6) is 0 Å². The van der Waals surface area contributed by atoms with E-state index < -0.39 is 0 Å². The molecule has 0 aromatic carbocycles. The van der Waals surface area contributed by atoms with Gasteiger partial charge in [-0.1, -0.05) is 18.2 Å². The van der Waals surface area contributed by atoms with E-state index in [4.69, 9.17) is 9.47 Å². The summed E-state index contributed by atoms with van der Waals surface area (Å²) in [6.07, 6.45) is 9.87. The van der Waals surface area contributed by atoms with Crippen LogP contribution in [0, 0.1) is 11.8 Å². The number of hydrogen-bond donors (Lipinski definition) is 0.